The molecule has 0 aromatic carbocycles. The predicted octanol–water partition coefficient (Wildman–Crippen LogP) is 1.28. The fourth-order valence-electron chi connectivity index (χ4n) is 3.56. The van der Waals surface area contributed by atoms with Gasteiger partial charge < -0.3 is 15.5 Å². The van der Waals surface area contributed by atoms with E-state index in [2.05, 4.69) is 10.6 Å². The zero-order valence-electron chi connectivity index (χ0n) is 13.5. The van der Waals surface area contributed by atoms with Gasteiger partial charge >= 0.3 is 0 Å². The van der Waals surface area contributed by atoms with Gasteiger partial charge in [-0.05, 0) is 45.4 Å². The predicted molar refractivity (Wildman–Crippen MR) is 82.8 cm³/mol. The van der Waals surface area contributed by atoms with E-state index in [0.29, 0.717) is 12.6 Å². The lowest BCUT2D eigenvalue weighted by molar-refractivity contribution is -0.135. The molecule has 0 spiro atoms. The molecule has 2 amide bonds. The van der Waals surface area contributed by atoms with Crippen LogP contribution in [-0.4, -0.2) is 48.4 Å². The Morgan fingerprint density at radius 2 is 1.95 bits per heavy atom. The summed E-state index contributed by atoms with van der Waals surface area (Å²) < 4.78 is 0. The van der Waals surface area contributed by atoms with Crippen LogP contribution in [0.25, 0.3) is 0 Å². The second-order valence-electron chi connectivity index (χ2n) is 6.53. The van der Waals surface area contributed by atoms with Crippen LogP contribution in [0.15, 0.2) is 0 Å². The summed E-state index contributed by atoms with van der Waals surface area (Å²) in [4.78, 5) is 26.0. The summed E-state index contributed by atoms with van der Waals surface area (Å²) in [7, 11) is 1.76. The molecule has 0 bridgehead atoms. The van der Waals surface area contributed by atoms with Crippen molar-refractivity contribution in [2.45, 2.75) is 70.5 Å². The van der Waals surface area contributed by atoms with Crippen LogP contribution in [0.5, 0.6) is 0 Å². The molecule has 5 nitrogen and oxygen atoms in total. The molecule has 2 rings (SSSR count). The van der Waals surface area contributed by atoms with Crippen molar-refractivity contribution >= 4 is 11.8 Å². The van der Waals surface area contributed by atoms with E-state index in [4.69, 9.17) is 0 Å². The standard InChI is InChI=1S/C16H29N3O2/c1-4-19(3)16(21)11(2)17-15(20)14-10-9-12-7-5-6-8-13(12)18-14/h11-14,18H,4-10H2,1-3H3,(H,17,20). The van der Waals surface area contributed by atoms with Gasteiger partial charge in [-0.3, -0.25) is 9.59 Å². The van der Waals surface area contributed by atoms with Crippen molar-refractivity contribution in [3.05, 3.63) is 0 Å². The molecule has 5 heteroatoms. The maximum absolute atomic E-state index is 12.4. The number of hydrogen-bond acceptors (Lipinski definition) is 3. The summed E-state index contributed by atoms with van der Waals surface area (Å²) in [5, 5.41) is 6.37. The molecule has 2 N–H and O–H groups in total. The number of piperidine rings is 1. The average molecular weight is 295 g/mol. The van der Waals surface area contributed by atoms with Gasteiger partial charge in [0.15, 0.2) is 0 Å². The highest BCUT2D eigenvalue weighted by atomic mass is 16.2. The number of nitrogens with one attached hydrogen (secondary N) is 2. The van der Waals surface area contributed by atoms with Crippen LogP contribution in [0.2, 0.25) is 0 Å². The van der Waals surface area contributed by atoms with Crippen molar-refractivity contribution in [3.8, 4) is 0 Å². The van der Waals surface area contributed by atoms with Gasteiger partial charge in [-0.25, -0.2) is 0 Å². The Labute approximate surface area is 127 Å². The molecule has 1 aliphatic carbocycles. The molecule has 120 valence electrons. The summed E-state index contributed by atoms with van der Waals surface area (Å²) in [6.45, 7) is 4.35. The number of nitrogens with zero attached hydrogens (tertiary/aromatic N) is 1. The van der Waals surface area contributed by atoms with Crippen LogP contribution in [-0.2, 0) is 9.59 Å². The summed E-state index contributed by atoms with van der Waals surface area (Å²) in [6, 6.07) is -0.0903. The van der Waals surface area contributed by atoms with E-state index in [-0.39, 0.29) is 17.9 Å². The van der Waals surface area contributed by atoms with Crippen molar-refractivity contribution < 1.29 is 9.59 Å². The first-order valence-electron chi connectivity index (χ1n) is 8.34. The van der Waals surface area contributed by atoms with Crippen molar-refractivity contribution in [1.82, 2.24) is 15.5 Å². The molecule has 4 atom stereocenters. The first-order valence-corrected chi connectivity index (χ1v) is 8.34. The molecule has 1 aliphatic heterocycles. The summed E-state index contributed by atoms with van der Waals surface area (Å²) in [5.41, 5.74) is 0. The smallest absolute Gasteiger partial charge is 0.244 e. The lowest BCUT2D eigenvalue weighted by Crippen LogP contribution is -2.57. The Balaban J connectivity index is 1.84. The third kappa shape index (κ3) is 3.96. The number of hydrogen-bond donors (Lipinski definition) is 2. The van der Waals surface area contributed by atoms with Crippen molar-refractivity contribution in [1.29, 1.82) is 0 Å². The molecule has 1 saturated heterocycles. The monoisotopic (exact) mass is 295 g/mol. The van der Waals surface area contributed by atoms with Gasteiger partial charge in [0.05, 0.1) is 6.04 Å². The van der Waals surface area contributed by atoms with Crippen LogP contribution >= 0.6 is 0 Å². The van der Waals surface area contributed by atoms with Crippen molar-refractivity contribution in [2.75, 3.05) is 13.6 Å². The number of carbonyl (C=O) groups excluding carboxylic acids is 2. The normalized spacial score (nSPS) is 30.1. The second-order valence-corrected chi connectivity index (χ2v) is 6.53. The molecule has 1 saturated carbocycles. The zero-order valence-corrected chi connectivity index (χ0v) is 13.5. The largest absolute Gasteiger partial charge is 0.344 e. The van der Waals surface area contributed by atoms with Gasteiger partial charge in [0, 0.05) is 19.6 Å². The van der Waals surface area contributed by atoms with Gasteiger partial charge in [0.1, 0.15) is 6.04 Å². The van der Waals surface area contributed by atoms with Crippen LogP contribution in [0.3, 0.4) is 0 Å². The lowest BCUT2D eigenvalue weighted by Gasteiger charge is -2.40. The number of amides is 2. The zero-order chi connectivity index (χ0) is 15.4. The SMILES string of the molecule is CCN(C)C(=O)C(C)NC(=O)C1CCC2CCCCC2N1. The van der Waals surface area contributed by atoms with Crippen LogP contribution in [0.1, 0.15) is 52.4 Å². The molecular formula is C16H29N3O2. The fraction of sp³-hybridized carbons (Fsp3) is 0.875. The molecule has 0 radical (unpaired) electrons. The molecule has 0 aromatic heterocycles. The van der Waals surface area contributed by atoms with E-state index in [0.717, 1.165) is 18.8 Å². The summed E-state index contributed by atoms with van der Waals surface area (Å²) >= 11 is 0. The van der Waals surface area contributed by atoms with Gasteiger partial charge in [-0.2, -0.15) is 0 Å². The lowest BCUT2D eigenvalue weighted by atomic mass is 9.77. The third-order valence-electron chi connectivity index (χ3n) is 5.05. The molecule has 0 aromatic rings. The van der Waals surface area contributed by atoms with Gasteiger partial charge in [-0.15, -0.1) is 0 Å². The van der Waals surface area contributed by atoms with E-state index in [1.54, 1.807) is 18.9 Å². The Bertz CT molecular complexity index is 386. The highest BCUT2D eigenvalue weighted by Crippen LogP contribution is 2.32. The molecule has 2 aliphatic rings. The van der Waals surface area contributed by atoms with E-state index < -0.39 is 6.04 Å². The van der Waals surface area contributed by atoms with Crippen molar-refractivity contribution in [2.24, 2.45) is 5.92 Å². The molecule has 2 fully saturated rings. The topological polar surface area (TPSA) is 61.4 Å². The minimum atomic E-state index is -0.451. The van der Waals surface area contributed by atoms with Crippen molar-refractivity contribution in [3.63, 3.8) is 0 Å². The van der Waals surface area contributed by atoms with Crippen LogP contribution in [0.4, 0.5) is 0 Å². The third-order valence-corrected chi connectivity index (χ3v) is 5.05. The average Bonchev–Trinajstić information content (AvgIpc) is 2.52. The Morgan fingerprint density at radius 3 is 2.67 bits per heavy atom. The minimum Gasteiger partial charge on any atom is -0.344 e. The Hall–Kier alpha value is -1.10. The fourth-order valence-corrected chi connectivity index (χ4v) is 3.56. The van der Waals surface area contributed by atoms with E-state index in [1.807, 2.05) is 6.92 Å². The van der Waals surface area contributed by atoms with E-state index in [1.165, 1.54) is 25.7 Å². The summed E-state index contributed by atoms with van der Waals surface area (Å²) in [6.07, 6.45) is 7.08. The maximum atomic E-state index is 12.4. The first kappa shape index (κ1) is 16.3. The van der Waals surface area contributed by atoms with Crippen LogP contribution in [0, 0.1) is 5.92 Å². The molecule has 1 heterocycles. The number of fused-ring (bicyclic) bond motifs is 1. The van der Waals surface area contributed by atoms with Gasteiger partial charge in [0.2, 0.25) is 11.8 Å². The highest BCUT2D eigenvalue weighted by molar-refractivity contribution is 5.89. The number of rotatable bonds is 4. The van der Waals surface area contributed by atoms with Gasteiger partial charge in [0.25, 0.3) is 0 Å². The first-order chi connectivity index (χ1) is 10.0. The maximum Gasteiger partial charge on any atom is 0.244 e. The number of likely N-dealkylation sites (N-methyl/N-ethyl adjacent to an activating group) is 1. The summed E-state index contributed by atoms with van der Waals surface area (Å²) in [5.74, 6) is 0.689. The molecular weight excluding hydrogens is 266 g/mol. The molecule has 4 unspecified atom stereocenters. The second kappa shape index (κ2) is 7.25. The molecule has 21 heavy (non-hydrogen) atoms. The quantitative estimate of drug-likeness (QED) is 0.821. The van der Waals surface area contributed by atoms with E-state index in [9.17, 15) is 9.59 Å². The Kier molecular flexibility index (Phi) is 5.62. The van der Waals surface area contributed by atoms with Gasteiger partial charge in [-0.1, -0.05) is 12.8 Å². The minimum absolute atomic E-state index is 0.0237. The Morgan fingerprint density at radius 1 is 1.24 bits per heavy atom. The highest BCUT2D eigenvalue weighted by Gasteiger charge is 2.35. The van der Waals surface area contributed by atoms with E-state index >= 15 is 0 Å². The number of carbonyl (C=O) groups is 2. The van der Waals surface area contributed by atoms with Crippen LogP contribution < -0.4 is 10.6 Å².